The smallest absolute Gasteiger partial charge is 0.244 e. The van der Waals surface area contributed by atoms with Gasteiger partial charge in [0.25, 0.3) is 0 Å². The van der Waals surface area contributed by atoms with E-state index in [0.717, 1.165) is 12.8 Å². The molecule has 112 valence electrons. The van der Waals surface area contributed by atoms with Crippen molar-refractivity contribution < 1.29 is 14.3 Å². The third kappa shape index (κ3) is 2.16. The van der Waals surface area contributed by atoms with Crippen LogP contribution in [0.2, 0.25) is 0 Å². The summed E-state index contributed by atoms with van der Waals surface area (Å²) in [6.45, 7) is 2.64. The molecule has 0 aromatic rings. The first-order valence-electron chi connectivity index (χ1n) is 8.07. The molecular formula is C15H24N2O3. The average molecular weight is 280 g/mol. The van der Waals surface area contributed by atoms with E-state index in [9.17, 15) is 4.79 Å². The van der Waals surface area contributed by atoms with E-state index in [4.69, 9.17) is 9.47 Å². The molecule has 0 bridgehead atoms. The van der Waals surface area contributed by atoms with E-state index in [1.807, 2.05) is 0 Å². The molecule has 5 nitrogen and oxygen atoms in total. The first-order chi connectivity index (χ1) is 9.78. The van der Waals surface area contributed by atoms with Crippen LogP contribution in [0.5, 0.6) is 0 Å². The van der Waals surface area contributed by atoms with E-state index in [1.165, 1.54) is 25.7 Å². The second kappa shape index (κ2) is 4.97. The van der Waals surface area contributed by atoms with E-state index in [2.05, 4.69) is 10.2 Å². The molecule has 2 aliphatic carbocycles. The van der Waals surface area contributed by atoms with Gasteiger partial charge in [0, 0.05) is 0 Å². The quantitative estimate of drug-likeness (QED) is 0.834. The topological polar surface area (TPSA) is 50.8 Å². The number of nitrogens with zero attached hydrogens (tertiary/aromatic N) is 1. The standard InChI is InChI=1S/C15H24N2O3/c18-14-15(5-6-15)16-13(11-3-1-2-4-11)17(14)9-12-10-19-7-8-20-12/h11-13,16H,1-10H2. The molecule has 0 aromatic heterocycles. The zero-order valence-electron chi connectivity index (χ0n) is 12.0. The molecule has 1 amide bonds. The number of hydrogen-bond donors (Lipinski definition) is 1. The number of rotatable bonds is 3. The van der Waals surface area contributed by atoms with Gasteiger partial charge in [0.15, 0.2) is 0 Å². The van der Waals surface area contributed by atoms with E-state index in [-0.39, 0.29) is 17.8 Å². The van der Waals surface area contributed by atoms with Crippen molar-refractivity contribution in [2.75, 3.05) is 26.4 Å². The lowest BCUT2D eigenvalue weighted by Crippen LogP contribution is -2.48. The summed E-state index contributed by atoms with van der Waals surface area (Å²) in [6, 6.07) is 0. The number of carbonyl (C=O) groups excluding carboxylic acids is 1. The van der Waals surface area contributed by atoms with Gasteiger partial charge in [-0.1, -0.05) is 12.8 Å². The van der Waals surface area contributed by atoms with Gasteiger partial charge in [-0.05, 0) is 31.6 Å². The van der Waals surface area contributed by atoms with Crippen molar-refractivity contribution >= 4 is 5.91 Å². The highest BCUT2D eigenvalue weighted by Crippen LogP contribution is 2.45. The summed E-state index contributed by atoms with van der Waals surface area (Å²) in [5, 5.41) is 3.65. The molecule has 0 aromatic carbocycles. The van der Waals surface area contributed by atoms with Crippen molar-refractivity contribution in [3.8, 4) is 0 Å². The molecule has 2 saturated heterocycles. The van der Waals surface area contributed by atoms with Crippen LogP contribution in [0.4, 0.5) is 0 Å². The van der Waals surface area contributed by atoms with Crippen LogP contribution in [0.25, 0.3) is 0 Å². The van der Waals surface area contributed by atoms with Crippen LogP contribution in [0.3, 0.4) is 0 Å². The van der Waals surface area contributed by atoms with Crippen LogP contribution >= 0.6 is 0 Å². The summed E-state index contributed by atoms with van der Waals surface area (Å²) in [5.74, 6) is 0.937. The Balaban J connectivity index is 1.49. The van der Waals surface area contributed by atoms with Gasteiger partial charge in [0.05, 0.1) is 44.2 Å². The van der Waals surface area contributed by atoms with Crippen LogP contribution < -0.4 is 5.32 Å². The van der Waals surface area contributed by atoms with Crippen molar-refractivity contribution in [1.82, 2.24) is 10.2 Å². The van der Waals surface area contributed by atoms with Gasteiger partial charge in [0.2, 0.25) is 5.91 Å². The normalized spacial score (nSPS) is 37.0. The molecule has 1 spiro atoms. The maximum absolute atomic E-state index is 12.7. The van der Waals surface area contributed by atoms with Gasteiger partial charge in [-0.25, -0.2) is 0 Å². The third-order valence-electron chi connectivity index (χ3n) is 5.31. The molecule has 2 saturated carbocycles. The predicted molar refractivity (Wildman–Crippen MR) is 73.1 cm³/mol. The molecule has 5 heteroatoms. The summed E-state index contributed by atoms with van der Waals surface area (Å²) >= 11 is 0. The molecular weight excluding hydrogens is 256 g/mol. The van der Waals surface area contributed by atoms with E-state index in [0.29, 0.717) is 38.2 Å². The van der Waals surface area contributed by atoms with Gasteiger partial charge < -0.3 is 14.4 Å². The highest BCUT2D eigenvalue weighted by molar-refractivity contribution is 5.91. The van der Waals surface area contributed by atoms with Crippen molar-refractivity contribution in [1.29, 1.82) is 0 Å². The zero-order valence-corrected chi connectivity index (χ0v) is 12.0. The number of hydrogen-bond acceptors (Lipinski definition) is 4. The summed E-state index contributed by atoms with van der Waals surface area (Å²) < 4.78 is 11.2. The molecule has 2 heterocycles. The summed E-state index contributed by atoms with van der Waals surface area (Å²) in [4.78, 5) is 14.8. The van der Waals surface area contributed by atoms with Gasteiger partial charge in [-0.3, -0.25) is 10.1 Å². The minimum absolute atomic E-state index is 0.0484. The molecule has 4 fully saturated rings. The molecule has 2 unspecified atom stereocenters. The van der Waals surface area contributed by atoms with Crippen LogP contribution in [0.15, 0.2) is 0 Å². The minimum Gasteiger partial charge on any atom is -0.376 e. The largest absolute Gasteiger partial charge is 0.376 e. The van der Waals surface area contributed by atoms with E-state index >= 15 is 0 Å². The second-order valence-electron chi connectivity index (χ2n) is 6.74. The fourth-order valence-corrected chi connectivity index (χ4v) is 4.01. The Morgan fingerprint density at radius 3 is 2.70 bits per heavy atom. The monoisotopic (exact) mass is 280 g/mol. The van der Waals surface area contributed by atoms with Crippen LogP contribution in [-0.2, 0) is 14.3 Å². The van der Waals surface area contributed by atoms with Gasteiger partial charge in [-0.2, -0.15) is 0 Å². The molecule has 2 aliphatic heterocycles. The highest BCUT2D eigenvalue weighted by Gasteiger charge is 2.60. The van der Waals surface area contributed by atoms with Crippen molar-refractivity contribution in [2.24, 2.45) is 5.92 Å². The molecule has 4 rings (SSSR count). The Morgan fingerprint density at radius 1 is 1.25 bits per heavy atom. The lowest BCUT2D eigenvalue weighted by atomic mass is 10.0. The lowest BCUT2D eigenvalue weighted by Gasteiger charge is -2.33. The van der Waals surface area contributed by atoms with E-state index < -0.39 is 0 Å². The van der Waals surface area contributed by atoms with Gasteiger partial charge >= 0.3 is 0 Å². The first kappa shape index (κ1) is 13.0. The summed E-state index contributed by atoms with van der Waals surface area (Å²) in [7, 11) is 0. The molecule has 2 atom stereocenters. The number of ether oxygens (including phenoxy) is 2. The fourth-order valence-electron chi connectivity index (χ4n) is 4.01. The first-order valence-corrected chi connectivity index (χ1v) is 8.07. The fraction of sp³-hybridized carbons (Fsp3) is 0.933. The lowest BCUT2D eigenvalue weighted by molar-refractivity contribution is -0.138. The van der Waals surface area contributed by atoms with Crippen LogP contribution in [0.1, 0.15) is 38.5 Å². The maximum atomic E-state index is 12.7. The Bertz CT molecular complexity index is 385. The highest BCUT2D eigenvalue weighted by atomic mass is 16.6. The van der Waals surface area contributed by atoms with E-state index in [1.54, 1.807) is 0 Å². The molecule has 4 aliphatic rings. The van der Waals surface area contributed by atoms with Crippen molar-refractivity contribution in [3.05, 3.63) is 0 Å². The van der Waals surface area contributed by atoms with Crippen LogP contribution in [-0.4, -0.2) is 55.0 Å². The Hall–Kier alpha value is -0.650. The SMILES string of the molecule is O=C1N(CC2COCCO2)C(C2CCCC2)NC12CC2. The van der Waals surface area contributed by atoms with Gasteiger partial charge in [0.1, 0.15) is 0 Å². The van der Waals surface area contributed by atoms with Crippen molar-refractivity contribution in [2.45, 2.75) is 56.3 Å². The van der Waals surface area contributed by atoms with Crippen molar-refractivity contribution in [3.63, 3.8) is 0 Å². The maximum Gasteiger partial charge on any atom is 0.244 e. The Morgan fingerprint density at radius 2 is 2.05 bits per heavy atom. The Labute approximate surface area is 120 Å². The molecule has 1 N–H and O–H groups in total. The minimum atomic E-state index is -0.206. The number of amides is 1. The summed E-state index contributed by atoms with van der Waals surface area (Å²) in [5.41, 5.74) is -0.206. The third-order valence-corrected chi connectivity index (χ3v) is 5.31. The van der Waals surface area contributed by atoms with Gasteiger partial charge in [-0.15, -0.1) is 0 Å². The molecule has 20 heavy (non-hydrogen) atoms. The number of nitrogens with one attached hydrogen (secondary N) is 1. The van der Waals surface area contributed by atoms with Crippen LogP contribution in [0, 0.1) is 5.92 Å². The number of carbonyl (C=O) groups is 1. The Kier molecular flexibility index (Phi) is 3.24. The average Bonchev–Trinajstić information content (AvgIpc) is 2.96. The summed E-state index contributed by atoms with van der Waals surface area (Å²) in [6.07, 6.45) is 7.41. The zero-order chi connectivity index (χ0) is 13.6. The predicted octanol–water partition coefficient (Wildman–Crippen LogP) is 0.882. The second-order valence-corrected chi connectivity index (χ2v) is 6.74. The molecule has 0 radical (unpaired) electrons.